The van der Waals surface area contributed by atoms with E-state index in [0.29, 0.717) is 23.2 Å². The highest BCUT2D eigenvalue weighted by Crippen LogP contribution is 2.30. The Labute approximate surface area is 158 Å². The van der Waals surface area contributed by atoms with E-state index in [4.69, 9.17) is 9.84 Å². The number of benzene rings is 2. The predicted molar refractivity (Wildman–Crippen MR) is 103 cm³/mol. The van der Waals surface area contributed by atoms with Gasteiger partial charge in [-0.3, -0.25) is 14.9 Å². The Morgan fingerprint density at radius 1 is 1.15 bits per heavy atom. The normalized spacial score (nSPS) is 10.9. The molecule has 0 aliphatic rings. The molecule has 0 bridgehead atoms. The van der Waals surface area contributed by atoms with Gasteiger partial charge in [-0.15, -0.1) is 0 Å². The number of carboxylic acid groups (broad SMARTS) is 1. The smallest absolute Gasteiger partial charge is 0.412 e. The molecule has 2 aromatic rings. The summed E-state index contributed by atoms with van der Waals surface area (Å²) >= 11 is 0. The molecule has 6 heteroatoms. The number of hydrogen-bond acceptors (Lipinski definition) is 4. The Morgan fingerprint density at radius 3 is 2.52 bits per heavy atom. The summed E-state index contributed by atoms with van der Waals surface area (Å²) in [6.07, 6.45) is 0.482. The zero-order chi connectivity index (χ0) is 20.0. The SMILES string of the molecule is CC(C)(C)OC(=O)Nc1cc(CCC(=O)O)ccc1-c1cccc(C=O)c1. The van der Waals surface area contributed by atoms with Crippen LogP contribution in [0.15, 0.2) is 42.5 Å². The molecular formula is C21H23NO5. The number of anilines is 1. The molecule has 0 aliphatic carbocycles. The van der Waals surface area contributed by atoms with E-state index in [0.717, 1.165) is 17.4 Å². The number of hydrogen-bond donors (Lipinski definition) is 2. The van der Waals surface area contributed by atoms with Crippen LogP contribution in [-0.4, -0.2) is 29.1 Å². The van der Waals surface area contributed by atoms with E-state index in [9.17, 15) is 14.4 Å². The average molecular weight is 369 g/mol. The number of aryl methyl sites for hydroxylation is 1. The molecule has 0 saturated heterocycles. The third kappa shape index (κ3) is 6.26. The molecule has 0 atom stereocenters. The van der Waals surface area contributed by atoms with Crippen molar-refractivity contribution in [2.45, 2.75) is 39.2 Å². The second-order valence-electron chi connectivity index (χ2n) is 7.14. The minimum absolute atomic E-state index is 0.00808. The number of carbonyl (C=O) groups is 3. The Hall–Kier alpha value is -3.15. The molecule has 2 aromatic carbocycles. The van der Waals surface area contributed by atoms with Gasteiger partial charge in [0.15, 0.2) is 0 Å². The van der Waals surface area contributed by atoms with Crippen molar-refractivity contribution in [2.75, 3.05) is 5.32 Å². The van der Waals surface area contributed by atoms with Crippen molar-refractivity contribution >= 4 is 24.0 Å². The topological polar surface area (TPSA) is 92.7 Å². The summed E-state index contributed by atoms with van der Waals surface area (Å²) in [5, 5.41) is 11.6. The van der Waals surface area contributed by atoms with Crippen molar-refractivity contribution in [3.63, 3.8) is 0 Å². The number of aldehydes is 1. The van der Waals surface area contributed by atoms with Crippen LogP contribution < -0.4 is 5.32 Å². The number of carboxylic acids is 1. The number of ether oxygens (including phenoxy) is 1. The molecule has 0 unspecified atom stereocenters. The van der Waals surface area contributed by atoms with Gasteiger partial charge in [-0.1, -0.05) is 30.3 Å². The van der Waals surface area contributed by atoms with Crippen molar-refractivity contribution in [3.8, 4) is 11.1 Å². The summed E-state index contributed by atoms with van der Waals surface area (Å²) in [6, 6.07) is 12.3. The Balaban J connectivity index is 2.40. The minimum atomic E-state index is -0.889. The number of amides is 1. The first-order valence-electron chi connectivity index (χ1n) is 8.58. The highest BCUT2D eigenvalue weighted by atomic mass is 16.6. The van der Waals surface area contributed by atoms with Crippen LogP contribution >= 0.6 is 0 Å². The van der Waals surface area contributed by atoms with E-state index in [2.05, 4.69) is 5.32 Å². The molecule has 2 N–H and O–H groups in total. The lowest BCUT2D eigenvalue weighted by Crippen LogP contribution is -2.27. The second-order valence-corrected chi connectivity index (χ2v) is 7.14. The van der Waals surface area contributed by atoms with Gasteiger partial charge in [-0.25, -0.2) is 4.79 Å². The molecule has 0 fully saturated rings. The molecule has 6 nitrogen and oxygen atoms in total. The summed E-state index contributed by atoms with van der Waals surface area (Å²) in [6.45, 7) is 5.30. The van der Waals surface area contributed by atoms with Crippen molar-refractivity contribution in [1.29, 1.82) is 0 Å². The highest BCUT2D eigenvalue weighted by molar-refractivity contribution is 5.92. The lowest BCUT2D eigenvalue weighted by molar-refractivity contribution is -0.136. The van der Waals surface area contributed by atoms with E-state index >= 15 is 0 Å². The summed E-state index contributed by atoms with van der Waals surface area (Å²) < 4.78 is 5.32. The highest BCUT2D eigenvalue weighted by Gasteiger charge is 2.18. The first kappa shape index (κ1) is 20.2. The van der Waals surface area contributed by atoms with Crippen LogP contribution in [0.2, 0.25) is 0 Å². The fourth-order valence-electron chi connectivity index (χ4n) is 2.55. The Kier molecular flexibility index (Phi) is 6.34. The second kappa shape index (κ2) is 8.49. The fraction of sp³-hybridized carbons (Fsp3) is 0.286. The number of rotatable bonds is 6. The zero-order valence-electron chi connectivity index (χ0n) is 15.6. The number of carbonyl (C=O) groups excluding carboxylic acids is 2. The van der Waals surface area contributed by atoms with Crippen LogP contribution in [0.5, 0.6) is 0 Å². The van der Waals surface area contributed by atoms with Gasteiger partial charge < -0.3 is 9.84 Å². The molecular weight excluding hydrogens is 346 g/mol. The minimum Gasteiger partial charge on any atom is -0.481 e. The third-order valence-corrected chi connectivity index (χ3v) is 3.68. The van der Waals surface area contributed by atoms with Gasteiger partial charge in [0.25, 0.3) is 0 Å². The molecule has 1 amide bonds. The van der Waals surface area contributed by atoms with Crippen LogP contribution in [0.3, 0.4) is 0 Å². The molecule has 2 rings (SSSR count). The van der Waals surface area contributed by atoms with E-state index in [1.807, 2.05) is 12.1 Å². The summed E-state index contributed by atoms with van der Waals surface area (Å²) in [7, 11) is 0. The van der Waals surface area contributed by atoms with Crippen LogP contribution in [0.1, 0.15) is 43.1 Å². The van der Waals surface area contributed by atoms with E-state index in [1.165, 1.54) is 0 Å². The van der Waals surface area contributed by atoms with Crippen LogP contribution in [-0.2, 0) is 16.0 Å². The average Bonchev–Trinajstić information content (AvgIpc) is 2.58. The van der Waals surface area contributed by atoms with Crippen LogP contribution in [0, 0.1) is 0 Å². The van der Waals surface area contributed by atoms with E-state index in [1.54, 1.807) is 51.1 Å². The zero-order valence-corrected chi connectivity index (χ0v) is 15.6. The van der Waals surface area contributed by atoms with Gasteiger partial charge >= 0.3 is 12.1 Å². The quantitative estimate of drug-likeness (QED) is 0.730. The molecule has 0 spiro atoms. The molecule has 0 aromatic heterocycles. The largest absolute Gasteiger partial charge is 0.481 e. The van der Waals surface area contributed by atoms with Gasteiger partial charge in [0.1, 0.15) is 11.9 Å². The Bertz CT molecular complexity index is 852. The molecule has 0 heterocycles. The summed E-state index contributed by atoms with van der Waals surface area (Å²) in [5.41, 5.74) is 2.61. The van der Waals surface area contributed by atoms with Gasteiger partial charge in [-0.05, 0) is 50.5 Å². The van der Waals surface area contributed by atoms with Gasteiger partial charge in [0.2, 0.25) is 0 Å². The van der Waals surface area contributed by atoms with Crippen molar-refractivity contribution in [1.82, 2.24) is 0 Å². The first-order chi connectivity index (χ1) is 12.7. The maximum atomic E-state index is 12.2. The van der Waals surface area contributed by atoms with Crippen LogP contribution in [0.25, 0.3) is 11.1 Å². The third-order valence-electron chi connectivity index (χ3n) is 3.68. The maximum Gasteiger partial charge on any atom is 0.412 e. The van der Waals surface area contributed by atoms with Crippen molar-refractivity contribution in [3.05, 3.63) is 53.6 Å². The van der Waals surface area contributed by atoms with E-state index in [-0.39, 0.29) is 6.42 Å². The maximum absolute atomic E-state index is 12.2. The first-order valence-corrected chi connectivity index (χ1v) is 8.58. The molecule has 0 radical (unpaired) electrons. The lowest BCUT2D eigenvalue weighted by Gasteiger charge is -2.21. The van der Waals surface area contributed by atoms with Crippen LogP contribution in [0.4, 0.5) is 10.5 Å². The van der Waals surface area contributed by atoms with Gasteiger partial charge in [-0.2, -0.15) is 0 Å². The molecule has 0 aliphatic heterocycles. The molecule has 142 valence electrons. The number of aliphatic carboxylic acids is 1. The standard InChI is InChI=1S/C21H23NO5/c1-21(2,3)27-20(26)22-18-12-14(8-10-19(24)25)7-9-17(18)16-6-4-5-15(11-16)13-23/h4-7,9,11-13H,8,10H2,1-3H3,(H,22,26)(H,24,25). The number of nitrogens with one attached hydrogen (secondary N) is 1. The summed E-state index contributed by atoms with van der Waals surface area (Å²) in [5.74, 6) is -0.889. The monoisotopic (exact) mass is 369 g/mol. The molecule has 0 saturated carbocycles. The van der Waals surface area contributed by atoms with Gasteiger partial charge in [0.05, 0.1) is 5.69 Å². The fourth-order valence-corrected chi connectivity index (χ4v) is 2.55. The molecule has 27 heavy (non-hydrogen) atoms. The van der Waals surface area contributed by atoms with E-state index < -0.39 is 17.7 Å². The Morgan fingerprint density at radius 2 is 1.89 bits per heavy atom. The van der Waals surface area contributed by atoms with Crippen molar-refractivity contribution < 1.29 is 24.2 Å². The lowest BCUT2D eigenvalue weighted by atomic mass is 9.98. The van der Waals surface area contributed by atoms with Crippen molar-refractivity contribution in [2.24, 2.45) is 0 Å². The summed E-state index contributed by atoms with van der Waals surface area (Å²) in [4.78, 5) is 34.1. The predicted octanol–water partition coefficient (Wildman–Crippen LogP) is 4.53. The van der Waals surface area contributed by atoms with Gasteiger partial charge in [0, 0.05) is 17.5 Å².